The molecule has 2 aromatic rings. The second-order valence-corrected chi connectivity index (χ2v) is 7.25. The van der Waals surface area contributed by atoms with Crippen LogP contribution < -0.4 is 14.8 Å². The number of nitriles is 1. The fourth-order valence-electron chi connectivity index (χ4n) is 3.41. The fraction of sp³-hybridized carbons (Fsp3) is 0.318. The van der Waals surface area contributed by atoms with Gasteiger partial charge in [0.1, 0.15) is 12.1 Å². The Balaban J connectivity index is 1.63. The van der Waals surface area contributed by atoms with Crippen LogP contribution in [0.2, 0.25) is 5.02 Å². The number of amides is 2. The van der Waals surface area contributed by atoms with Crippen molar-refractivity contribution in [1.82, 2.24) is 10.2 Å². The van der Waals surface area contributed by atoms with Gasteiger partial charge in [0.15, 0.2) is 18.1 Å². The van der Waals surface area contributed by atoms with Crippen LogP contribution in [0, 0.1) is 11.3 Å². The van der Waals surface area contributed by atoms with Gasteiger partial charge in [0.05, 0.1) is 13.2 Å². The van der Waals surface area contributed by atoms with Crippen LogP contribution in [0.15, 0.2) is 48.5 Å². The van der Waals surface area contributed by atoms with Crippen LogP contribution >= 0.6 is 11.6 Å². The molecule has 0 spiro atoms. The van der Waals surface area contributed by atoms with Crippen molar-refractivity contribution >= 4 is 23.4 Å². The lowest BCUT2D eigenvalue weighted by Gasteiger charge is -2.25. The monoisotopic (exact) mass is 427 g/mol. The van der Waals surface area contributed by atoms with Crippen molar-refractivity contribution in [2.75, 3.05) is 20.3 Å². The van der Waals surface area contributed by atoms with Crippen molar-refractivity contribution < 1.29 is 19.1 Å². The minimum absolute atomic E-state index is 0.208. The Labute approximate surface area is 180 Å². The molecule has 1 heterocycles. The molecule has 0 aliphatic carbocycles. The Morgan fingerprint density at radius 2 is 2.03 bits per heavy atom. The molecule has 1 saturated heterocycles. The Bertz CT molecular complexity index is 959. The zero-order valence-electron chi connectivity index (χ0n) is 16.5. The van der Waals surface area contributed by atoms with Gasteiger partial charge in [0, 0.05) is 11.6 Å². The number of nitrogens with one attached hydrogen (secondary N) is 1. The molecule has 2 aromatic carbocycles. The van der Waals surface area contributed by atoms with E-state index in [9.17, 15) is 14.9 Å². The molecule has 1 aliphatic heterocycles. The van der Waals surface area contributed by atoms with Crippen LogP contribution in [0.25, 0.3) is 0 Å². The second kappa shape index (κ2) is 9.99. The normalized spacial score (nSPS) is 16.4. The smallest absolute Gasteiger partial charge is 0.261 e. The van der Waals surface area contributed by atoms with Gasteiger partial charge in [-0.1, -0.05) is 35.9 Å². The maximum Gasteiger partial charge on any atom is 0.261 e. The Morgan fingerprint density at radius 3 is 2.73 bits per heavy atom. The van der Waals surface area contributed by atoms with Gasteiger partial charge in [-0.25, -0.2) is 0 Å². The number of nitrogens with zero attached hydrogens (tertiary/aromatic N) is 2. The van der Waals surface area contributed by atoms with Crippen molar-refractivity contribution in [3.05, 3.63) is 59.1 Å². The lowest BCUT2D eigenvalue weighted by molar-refractivity contribution is -0.140. The summed E-state index contributed by atoms with van der Waals surface area (Å²) >= 11 is 5.98. The number of hydrogen-bond donors (Lipinski definition) is 1. The number of likely N-dealkylation sites (tertiary alicyclic amines) is 1. The largest absolute Gasteiger partial charge is 0.493 e. The molecule has 30 heavy (non-hydrogen) atoms. The third-order valence-corrected chi connectivity index (χ3v) is 5.13. The summed E-state index contributed by atoms with van der Waals surface area (Å²) in [4.78, 5) is 27.0. The highest BCUT2D eigenvalue weighted by atomic mass is 35.5. The third-order valence-electron chi connectivity index (χ3n) is 4.89. The van der Waals surface area contributed by atoms with Gasteiger partial charge in [-0.05, 0) is 42.7 Å². The van der Waals surface area contributed by atoms with Gasteiger partial charge in [0.25, 0.3) is 5.91 Å². The van der Waals surface area contributed by atoms with E-state index in [2.05, 4.69) is 11.4 Å². The molecule has 0 radical (unpaired) electrons. The number of methoxy groups -OCH3 is 1. The molecule has 156 valence electrons. The van der Waals surface area contributed by atoms with Gasteiger partial charge in [-0.2, -0.15) is 5.26 Å². The molecule has 1 unspecified atom stereocenters. The summed E-state index contributed by atoms with van der Waals surface area (Å²) in [6, 6.07) is 14.4. The first-order valence-electron chi connectivity index (χ1n) is 9.54. The number of halogens is 1. The molecule has 1 fully saturated rings. The third kappa shape index (κ3) is 5.02. The molecule has 0 saturated carbocycles. The number of ether oxygens (including phenoxy) is 2. The molecule has 2 amide bonds. The van der Waals surface area contributed by atoms with Crippen LogP contribution in [-0.4, -0.2) is 43.0 Å². The molecule has 7 nitrogen and oxygen atoms in total. The molecular weight excluding hydrogens is 406 g/mol. The highest BCUT2D eigenvalue weighted by Crippen LogP contribution is 2.26. The van der Waals surface area contributed by atoms with Gasteiger partial charge in [-0.15, -0.1) is 0 Å². The van der Waals surface area contributed by atoms with E-state index in [0.29, 0.717) is 41.5 Å². The van der Waals surface area contributed by atoms with E-state index in [0.717, 1.165) is 0 Å². The lowest BCUT2D eigenvalue weighted by Crippen LogP contribution is -2.48. The van der Waals surface area contributed by atoms with Crippen molar-refractivity contribution in [2.24, 2.45) is 0 Å². The summed E-state index contributed by atoms with van der Waals surface area (Å²) < 4.78 is 10.8. The van der Waals surface area contributed by atoms with Crippen LogP contribution in [0.4, 0.5) is 0 Å². The maximum atomic E-state index is 12.8. The maximum absolute atomic E-state index is 12.8. The van der Waals surface area contributed by atoms with E-state index in [1.165, 1.54) is 12.0 Å². The first-order chi connectivity index (χ1) is 14.5. The zero-order chi connectivity index (χ0) is 21.5. The summed E-state index contributed by atoms with van der Waals surface area (Å²) in [6.07, 6.45) is 1.23. The Hall–Kier alpha value is -3.24. The minimum Gasteiger partial charge on any atom is -0.493 e. The average molecular weight is 428 g/mol. The molecule has 0 aromatic heterocycles. The number of carbonyl (C=O) groups excluding carboxylic acids is 2. The summed E-state index contributed by atoms with van der Waals surface area (Å²) in [6.45, 7) is 0.251. The molecular formula is C22H22ClN3O4. The van der Waals surface area contributed by atoms with E-state index >= 15 is 0 Å². The summed E-state index contributed by atoms with van der Waals surface area (Å²) in [5.74, 6) is 0.318. The number of rotatable bonds is 7. The average Bonchev–Trinajstić information content (AvgIpc) is 3.26. The molecule has 1 aliphatic rings. The first kappa shape index (κ1) is 21.5. The molecule has 3 rings (SSSR count). The number of para-hydroxylation sites is 2. The van der Waals surface area contributed by atoms with Gasteiger partial charge in [-0.3, -0.25) is 9.59 Å². The predicted octanol–water partition coefficient (Wildman–Crippen LogP) is 3.10. The van der Waals surface area contributed by atoms with E-state index in [1.54, 1.807) is 48.5 Å². The minimum atomic E-state index is -0.849. The van der Waals surface area contributed by atoms with E-state index in [-0.39, 0.29) is 18.4 Å². The van der Waals surface area contributed by atoms with E-state index in [4.69, 9.17) is 21.1 Å². The highest BCUT2D eigenvalue weighted by Gasteiger charge is 2.35. The quantitative estimate of drug-likeness (QED) is 0.733. The van der Waals surface area contributed by atoms with Crippen LogP contribution in [0.3, 0.4) is 0 Å². The van der Waals surface area contributed by atoms with Gasteiger partial charge < -0.3 is 19.7 Å². The summed E-state index contributed by atoms with van der Waals surface area (Å²) in [5, 5.41) is 12.7. The van der Waals surface area contributed by atoms with Gasteiger partial charge >= 0.3 is 0 Å². The lowest BCUT2D eigenvalue weighted by atomic mass is 10.1. The van der Waals surface area contributed by atoms with Crippen LogP contribution in [0.1, 0.15) is 24.4 Å². The van der Waals surface area contributed by atoms with Crippen molar-refractivity contribution in [1.29, 1.82) is 5.26 Å². The SMILES string of the molecule is COc1ccccc1OCC(=O)N1CCC[C@H]1C(=O)NC(C#N)c1cccc(Cl)c1. The van der Waals surface area contributed by atoms with E-state index in [1.807, 2.05) is 0 Å². The molecule has 0 bridgehead atoms. The fourth-order valence-corrected chi connectivity index (χ4v) is 3.61. The number of hydrogen-bond acceptors (Lipinski definition) is 5. The second-order valence-electron chi connectivity index (χ2n) is 6.81. The zero-order valence-corrected chi connectivity index (χ0v) is 17.3. The van der Waals surface area contributed by atoms with Crippen molar-refractivity contribution in [2.45, 2.75) is 24.9 Å². The van der Waals surface area contributed by atoms with Crippen molar-refractivity contribution in [3.8, 4) is 17.6 Å². The standard InChI is InChI=1S/C22H22ClN3O4/c1-29-19-9-2-3-10-20(19)30-14-21(27)26-11-5-8-18(26)22(28)25-17(13-24)15-6-4-7-16(23)12-15/h2-4,6-7,9-10,12,17-18H,5,8,11,14H2,1H3,(H,25,28)/t17?,18-/m0/s1. The summed E-state index contributed by atoms with van der Waals surface area (Å²) in [5.41, 5.74) is 0.591. The van der Waals surface area contributed by atoms with Crippen LogP contribution in [0.5, 0.6) is 11.5 Å². The molecule has 8 heteroatoms. The summed E-state index contributed by atoms with van der Waals surface area (Å²) in [7, 11) is 1.52. The Kier molecular flexibility index (Phi) is 7.15. The first-order valence-corrected chi connectivity index (χ1v) is 9.92. The van der Waals surface area contributed by atoms with Crippen molar-refractivity contribution in [3.63, 3.8) is 0 Å². The predicted molar refractivity (Wildman–Crippen MR) is 111 cm³/mol. The topological polar surface area (TPSA) is 91.7 Å². The Morgan fingerprint density at radius 1 is 1.27 bits per heavy atom. The number of carbonyl (C=O) groups is 2. The van der Waals surface area contributed by atoms with E-state index < -0.39 is 12.1 Å². The number of benzene rings is 2. The molecule has 1 N–H and O–H groups in total. The van der Waals surface area contributed by atoms with Crippen LogP contribution in [-0.2, 0) is 9.59 Å². The van der Waals surface area contributed by atoms with Gasteiger partial charge in [0.2, 0.25) is 5.91 Å². The molecule has 2 atom stereocenters. The highest BCUT2D eigenvalue weighted by molar-refractivity contribution is 6.30.